The van der Waals surface area contributed by atoms with E-state index >= 15 is 0 Å². The number of hydrogen-bond donors (Lipinski definition) is 4. The van der Waals surface area contributed by atoms with Crippen LogP contribution < -0.4 is 29.9 Å². The Morgan fingerprint density at radius 3 is 1.24 bits per heavy atom. The molecular formula is C54H68N8O6. The summed E-state index contributed by atoms with van der Waals surface area (Å²) < 4.78 is 10.3. The minimum Gasteiger partial charge on any atom is -0.481 e. The molecule has 14 heteroatoms. The molecule has 6 atom stereocenters. The van der Waals surface area contributed by atoms with Crippen molar-refractivity contribution >= 4 is 23.5 Å². The van der Waals surface area contributed by atoms with Gasteiger partial charge in [-0.3, -0.25) is 9.59 Å². The number of carbonyl (C=O) groups excluding carboxylic acids is 2. The molecule has 4 N–H and O–H groups in total. The lowest BCUT2D eigenvalue weighted by molar-refractivity contribution is -0.164. The van der Waals surface area contributed by atoms with Crippen molar-refractivity contribution in [2.24, 2.45) is 46.3 Å². The molecule has 14 nitrogen and oxygen atoms in total. The maximum atomic E-state index is 13.5. The summed E-state index contributed by atoms with van der Waals surface area (Å²) in [6.07, 6.45) is 21.0. The maximum absolute atomic E-state index is 13.5. The first kappa shape index (κ1) is 45.1. The molecule has 8 bridgehead atoms. The maximum Gasteiger partial charge on any atom is 0.226 e. The Morgan fingerprint density at radius 2 is 0.912 bits per heavy atom. The van der Waals surface area contributed by atoms with E-state index in [1.807, 2.05) is 36.7 Å². The summed E-state index contributed by atoms with van der Waals surface area (Å²) in [7, 11) is 3.22. The topological polar surface area (TPSA) is 175 Å². The SMILES string of the molecule is COc1ccc(-c2ccc(N3CCC[C@H](NC(=O)C45CC6CC(C4)C(O)C(C6)C5)C3)nc2)cn1.COc1ccc(-c2ccc(N3CCC[C@H](NC(=O)C45CC6CC(C4)C(O)C(C6)C5)C3)nc2)cn1. The van der Waals surface area contributed by atoms with Gasteiger partial charge in [-0.1, -0.05) is 0 Å². The van der Waals surface area contributed by atoms with Crippen molar-refractivity contribution in [3.63, 3.8) is 0 Å². The number of piperidine rings is 2. The second-order valence-electron chi connectivity index (χ2n) is 22.0. The lowest BCUT2D eigenvalue weighted by atomic mass is 9.48. The van der Waals surface area contributed by atoms with E-state index < -0.39 is 0 Å². The molecule has 68 heavy (non-hydrogen) atoms. The lowest BCUT2D eigenvalue weighted by Crippen LogP contribution is -2.60. The molecule has 4 unspecified atom stereocenters. The summed E-state index contributed by atoms with van der Waals surface area (Å²) >= 11 is 0. The van der Waals surface area contributed by atoms with Gasteiger partial charge in [0, 0.05) is 97.4 Å². The van der Waals surface area contributed by atoms with E-state index in [4.69, 9.17) is 19.4 Å². The molecule has 0 spiro atoms. The van der Waals surface area contributed by atoms with Crippen LogP contribution in [0.3, 0.4) is 0 Å². The first-order valence-electron chi connectivity index (χ1n) is 25.5. The molecule has 4 aromatic heterocycles. The summed E-state index contributed by atoms with van der Waals surface area (Å²) in [6.45, 7) is 3.48. The summed E-state index contributed by atoms with van der Waals surface area (Å²) in [5, 5.41) is 28.0. The Labute approximate surface area is 400 Å². The first-order chi connectivity index (χ1) is 33.1. The highest BCUT2D eigenvalue weighted by Crippen LogP contribution is 2.61. The highest BCUT2D eigenvalue weighted by Gasteiger charge is 2.59. The van der Waals surface area contributed by atoms with Crippen LogP contribution in [0.25, 0.3) is 22.3 Å². The van der Waals surface area contributed by atoms with Crippen LogP contribution in [0.1, 0.15) is 89.9 Å². The smallest absolute Gasteiger partial charge is 0.226 e. The Balaban J connectivity index is 0.000000149. The second-order valence-corrected chi connectivity index (χ2v) is 22.0. The molecule has 8 aliphatic carbocycles. The van der Waals surface area contributed by atoms with Gasteiger partial charge < -0.3 is 40.1 Å². The number of pyridine rings is 4. The van der Waals surface area contributed by atoms with Crippen molar-refractivity contribution < 1.29 is 29.3 Å². The Bertz CT molecular complexity index is 2220. The van der Waals surface area contributed by atoms with E-state index in [1.54, 1.807) is 26.6 Å². The molecule has 8 saturated carbocycles. The zero-order chi connectivity index (χ0) is 46.6. The minimum absolute atomic E-state index is 0.145. The first-order valence-corrected chi connectivity index (χ1v) is 25.5. The molecule has 2 saturated heterocycles. The van der Waals surface area contributed by atoms with Gasteiger partial charge in [0.25, 0.3) is 0 Å². The zero-order valence-corrected chi connectivity index (χ0v) is 39.6. The Hall–Kier alpha value is -5.34. The molecule has 2 aliphatic heterocycles. The van der Waals surface area contributed by atoms with Gasteiger partial charge in [-0.05, 0) is 162 Å². The van der Waals surface area contributed by atoms with E-state index in [-0.39, 0.29) is 46.9 Å². The summed E-state index contributed by atoms with van der Waals surface area (Å²) in [5.74, 6) is 6.10. The summed E-state index contributed by atoms with van der Waals surface area (Å²) in [6, 6.07) is 16.2. The lowest BCUT2D eigenvalue weighted by Gasteiger charge is -2.58. The molecule has 0 radical (unpaired) electrons. The molecule has 10 fully saturated rings. The van der Waals surface area contributed by atoms with E-state index in [1.165, 1.54) is 0 Å². The van der Waals surface area contributed by atoms with Gasteiger partial charge in [0.05, 0.1) is 37.3 Å². The standard InChI is InChI=1S/2C27H34N4O3/c2*1-34-24-7-5-19(15-29-24)18-4-6-23(28-14-18)31-8-2-3-22(16-31)30-26(33)27-11-17-9-20(12-27)25(32)21(10-17)13-27/h2*4-7,14-15,17,20-22,25,32H,2-3,8-13,16H2,1H3,(H,30,33)/t2*17?,20?,21?,22-,25?,27?/m00/s1. The number of nitrogens with zero attached hydrogens (tertiary/aromatic N) is 6. The van der Waals surface area contributed by atoms with Crippen LogP contribution in [0.4, 0.5) is 11.6 Å². The fraction of sp³-hybridized carbons (Fsp3) is 0.593. The van der Waals surface area contributed by atoms with Gasteiger partial charge in [0.15, 0.2) is 0 Å². The van der Waals surface area contributed by atoms with Crippen LogP contribution in [0, 0.1) is 46.3 Å². The third kappa shape index (κ3) is 8.80. The van der Waals surface area contributed by atoms with Gasteiger partial charge >= 0.3 is 0 Å². The molecule has 6 heterocycles. The van der Waals surface area contributed by atoms with Crippen molar-refractivity contribution in [1.82, 2.24) is 30.6 Å². The van der Waals surface area contributed by atoms with E-state index in [2.05, 4.69) is 54.7 Å². The fourth-order valence-electron chi connectivity index (χ4n) is 14.7. The molecule has 4 aromatic rings. The van der Waals surface area contributed by atoms with Crippen LogP contribution in [-0.4, -0.2) is 107 Å². The van der Waals surface area contributed by atoms with Gasteiger partial charge in [-0.2, -0.15) is 0 Å². The average Bonchev–Trinajstić information content (AvgIpc) is 3.37. The number of aromatic nitrogens is 4. The molecule has 2 amide bonds. The van der Waals surface area contributed by atoms with Crippen LogP contribution >= 0.6 is 0 Å². The monoisotopic (exact) mass is 925 g/mol. The third-order valence-electron chi connectivity index (χ3n) is 17.6. The van der Waals surface area contributed by atoms with Crippen molar-refractivity contribution in [2.45, 2.75) is 114 Å². The quantitative estimate of drug-likeness (QED) is 0.131. The largest absolute Gasteiger partial charge is 0.481 e. The molecule has 0 aromatic carbocycles. The highest BCUT2D eigenvalue weighted by molar-refractivity contribution is 5.84. The predicted octanol–water partition coefficient (Wildman–Crippen LogP) is 6.85. The predicted molar refractivity (Wildman–Crippen MR) is 259 cm³/mol. The van der Waals surface area contributed by atoms with E-state index in [9.17, 15) is 19.8 Å². The van der Waals surface area contributed by atoms with Crippen LogP contribution in [0.15, 0.2) is 73.3 Å². The number of methoxy groups -OCH3 is 2. The van der Waals surface area contributed by atoms with Crippen molar-refractivity contribution in [2.75, 3.05) is 50.2 Å². The minimum atomic E-state index is -0.246. The van der Waals surface area contributed by atoms with Crippen molar-refractivity contribution in [1.29, 1.82) is 0 Å². The number of aliphatic hydroxyl groups is 2. The molecule has 360 valence electrons. The van der Waals surface area contributed by atoms with Gasteiger partial charge in [-0.15, -0.1) is 0 Å². The number of amides is 2. The molecular weight excluding hydrogens is 857 g/mol. The van der Waals surface area contributed by atoms with E-state index in [0.29, 0.717) is 47.3 Å². The number of aliphatic hydroxyl groups excluding tert-OH is 2. The second kappa shape index (κ2) is 18.5. The van der Waals surface area contributed by atoms with Gasteiger partial charge in [0.2, 0.25) is 23.6 Å². The normalized spacial score (nSPS) is 34.2. The highest BCUT2D eigenvalue weighted by atomic mass is 16.5. The summed E-state index contributed by atoms with van der Waals surface area (Å²) in [4.78, 5) is 49.6. The Kier molecular flexibility index (Phi) is 12.3. The van der Waals surface area contributed by atoms with Gasteiger partial charge in [-0.25, -0.2) is 19.9 Å². The number of anilines is 2. The number of ether oxygens (including phenoxy) is 2. The number of hydrogen-bond acceptors (Lipinski definition) is 12. The van der Waals surface area contributed by atoms with E-state index in [0.717, 1.165) is 150 Å². The van der Waals surface area contributed by atoms with Crippen LogP contribution in [0.2, 0.25) is 0 Å². The van der Waals surface area contributed by atoms with Crippen LogP contribution in [-0.2, 0) is 9.59 Å². The third-order valence-corrected chi connectivity index (χ3v) is 17.6. The molecule has 10 aliphatic rings. The number of rotatable bonds is 10. The number of carbonyl (C=O) groups is 2. The molecule has 14 rings (SSSR count). The fourth-order valence-corrected chi connectivity index (χ4v) is 14.7. The average molecular weight is 925 g/mol. The van der Waals surface area contributed by atoms with Crippen LogP contribution in [0.5, 0.6) is 11.8 Å². The number of nitrogens with one attached hydrogen (secondary N) is 2. The Morgan fingerprint density at radius 1 is 0.544 bits per heavy atom. The van der Waals surface area contributed by atoms with Gasteiger partial charge in [0.1, 0.15) is 11.6 Å². The summed E-state index contributed by atoms with van der Waals surface area (Å²) in [5.41, 5.74) is 3.55. The zero-order valence-electron chi connectivity index (χ0n) is 39.6. The van der Waals surface area contributed by atoms with Crippen molar-refractivity contribution in [3.05, 3.63) is 73.3 Å². The van der Waals surface area contributed by atoms with Crippen molar-refractivity contribution in [3.8, 4) is 34.0 Å².